The normalized spacial score (nSPS) is 13.2. The van der Waals surface area contributed by atoms with Crippen LogP contribution in [-0.2, 0) is 5.41 Å². The fourth-order valence-electron chi connectivity index (χ4n) is 9.01. The maximum absolute atomic E-state index is 6.43. The molecule has 0 radical (unpaired) electrons. The Labute approximate surface area is 308 Å². The van der Waals surface area contributed by atoms with Crippen LogP contribution >= 0.6 is 0 Å². The van der Waals surface area contributed by atoms with Gasteiger partial charge in [0, 0.05) is 39.2 Å². The molecule has 1 heterocycles. The van der Waals surface area contributed by atoms with E-state index in [1.54, 1.807) is 0 Å². The summed E-state index contributed by atoms with van der Waals surface area (Å²) in [4.78, 5) is 2.41. The molecule has 0 N–H and O–H groups in total. The highest BCUT2D eigenvalue weighted by molar-refractivity contribution is 6.17. The van der Waals surface area contributed by atoms with Gasteiger partial charge in [-0.2, -0.15) is 0 Å². The highest BCUT2D eigenvalue weighted by Crippen LogP contribution is 2.54. The topological polar surface area (TPSA) is 16.4 Å². The van der Waals surface area contributed by atoms with Crippen LogP contribution in [0.3, 0.4) is 0 Å². The van der Waals surface area contributed by atoms with E-state index in [9.17, 15) is 0 Å². The molecule has 53 heavy (non-hydrogen) atoms. The number of fused-ring (bicyclic) bond motifs is 11. The Kier molecular flexibility index (Phi) is 6.33. The number of benzene rings is 9. The predicted molar refractivity (Wildman–Crippen MR) is 224 cm³/mol. The van der Waals surface area contributed by atoms with Gasteiger partial charge in [-0.1, -0.05) is 141 Å². The van der Waals surface area contributed by atoms with E-state index in [0.29, 0.717) is 0 Å². The van der Waals surface area contributed by atoms with Gasteiger partial charge in [-0.3, -0.25) is 0 Å². The largest absolute Gasteiger partial charge is 0.456 e. The Morgan fingerprint density at radius 3 is 1.91 bits per heavy atom. The predicted octanol–water partition coefficient (Wildman–Crippen LogP) is 14.5. The molecule has 1 aliphatic carbocycles. The van der Waals surface area contributed by atoms with Crippen LogP contribution in [0.15, 0.2) is 180 Å². The van der Waals surface area contributed by atoms with Crippen LogP contribution in [0.1, 0.15) is 25.0 Å². The van der Waals surface area contributed by atoms with E-state index in [-0.39, 0.29) is 5.41 Å². The summed E-state index contributed by atoms with van der Waals surface area (Å²) in [6.07, 6.45) is 0. The first-order chi connectivity index (χ1) is 26.0. The Morgan fingerprint density at radius 2 is 1.04 bits per heavy atom. The van der Waals surface area contributed by atoms with Gasteiger partial charge in [0.2, 0.25) is 0 Å². The molecule has 10 aromatic rings. The first-order valence-electron chi connectivity index (χ1n) is 18.4. The molecule has 0 bridgehead atoms. The van der Waals surface area contributed by atoms with Crippen LogP contribution in [0, 0.1) is 0 Å². The monoisotopic (exact) mass is 677 g/mol. The summed E-state index contributed by atoms with van der Waals surface area (Å²) < 4.78 is 6.43. The number of nitrogens with zero attached hydrogens (tertiary/aromatic N) is 1. The number of furan rings is 1. The van der Waals surface area contributed by atoms with Crippen LogP contribution in [-0.4, -0.2) is 0 Å². The Hall–Kier alpha value is -6.64. The molecule has 0 atom stereocenters. The summed E-state index contributed by atoms with van der Waals surface area (Å²) >= 11 is 0. The lowest BCUT2D eigenvalue weighted by Crippen LogP contribution is -2.16. The minimum atomic E-state index is -0.103. The second-order valence-corrected chi connectivity index (χ2v) is 14.9. The number of para-hydroxylation sites is 1. The van der Waals surface area contributed by atoms with Crippen molar-refractivity contribution in [1.82, 2.24) is 0 Å². The highest BCUT2D eigenvalue weighted by atomic mass is 16.3. The fraction of sp³-hybridized carbons (Fsp3) is 0.0588. The standard InChI is InChI=1S/C51H35NO/c1-51(2)45-14-7-5-13-44(45)50-46(51)15-9-16-47(50)52(37-25-29-43-42-12-6-8-17-48(42)53-49(43)31-37)36-23-18-32(19-24-36)34-21-26-39-35(30-34)22-28-40-38-11-4-3-10-33(38)20-27-41(39)40/h3-31H,1-2H3. The maximum atomic E-state index is 6.43. The van der Waals surface area contributed by atoms with E-state index in [1.165, 1.54) is 65.7 Å². The quantitative estimate of drug-likeness (QED) is 0.172. The molecule has 0 saturated carbocycles. The molecule has 1 aliphatic rings. The van der Waals surface area contributed by atoms with E-state index in [2.05, 4.69) is 183 Å². The van der Waals surface area contributed by atoms with Gasteiger partial charge in [0.25, 0.3) is 0 Å². The van der Waals surface area contributed by atoms with Gasteiger partial charge in [0.05, 0.1) is 5.69 Å². The zero-order valence-electron chi connectivity index (χ0n) is 29.6. The van der Waals surface area contributed by atoms with Crippen LogP contribution in [0.5, 0.6) is 0 Å². The molecular formula is C51H35NO. The van der Waals surface area contributed by atoms with E-state index in [0.717, 1.165) is 39.0 Å². The molecule has 250 valence electrons. The zero-order valence-corrected chi connectivity index (χ0v) is 29.6. The summed E-state index contributed by atoms with van der Waals surface area (Å²) in [7, 11) is 0. The first-order valence-corrected chi connectivity index (χ1v) is 18.4. The van der Waals surface area contributed by atoms with Crippen LogP contribution < -0.4 is 4.90 Å². The molecule has 2 nitrogen and oxygen atoms in total. The molecule has 0 saturated heterocycles. The second kappa shape index (κ2) is 11.2. The van der Waals surface area contributed by atoms with E-state index in [4.69, 9.17) is 4.42 Å². The molecule has 9 aromatic carbocycles. The van der Waals surface area contributed by atoms with Gasteiger partial charge in [-0.25, -0.2) is 0 Å². The molecular weight excluding hydrogens is 643 g/mol. The second-order valence-electron chi connectivity index (χ2n) is 14.9. The molecule has 11 rings (SSSR count). The van der Waals surface area contributed by atoms with Crippen LogP contribution in [0.2, 0.25) is 0 Å². The summed E-state index contributed by atoms with van der Waals surface area (Å²) in [5.74, 6) is 0. The van der Waals surface area contributed by atoms with Crippen molar-refractivity contribution < 1.29 is 4.42 Å². The van der Waals surface area contributed by atoms with Crippen molar-refractivity contribution in [3.63, 3.8) is 0 Å². The summed E-state index contributed by atoms with van der Waals surface area (Å²) in [5.41, 5.74) is 12.7. The van der Waals surface area contributed by atoms with Gasteiger partial charge < -0.3 is 9.32 Å². The van der Waals surface area contributed by atoms with Crippen molar-refractivity contribution in [2.75, 3.05) is 4.90 Å². The van der Waals surface area contributed by atoms with Gasteiger partial charge >= 0.3 is 0 Å². The number of anilines is 3. The zero-order chi connectivity index (χ0) is 35.3. The molecule has 0 aliphatic heterocycles. The van der Waals surface area contributed by atoms with Crippen molar-refractivity contribution in [3.05, 3.63) is 187 Å². The van der Waals surface area contributed by atoms with Gasteiger partial charge in [-0.15, -0.1) is 0 Å². The number of rotatable bonds is 4. The first kappa shape index (κ1) is 30.0. The van der Waals surface area contributed by atoms with Gasteiger partial charge in [-0.05, 0) is 103 Å². The average molecular weight is 678 g/mol. The third kappa shape index (κ3) is 4.45. The molecule has 0 fully saturated rings. The Balaban J connectivity index is 1.06. The lowest BCUT2D eigenvalue weighted by atomic mass is 9.82. The Bertz CT molecular complexity index is 3090. The molecule has 0 unspecified atom stereocenters. The third-order valence-electron chi connectivity index (χ3n) is 11.6. The molecule has 0 spiro atoms. The lowest BCUT2D eigenvalue weighted by molar-refractivity contribution is 0.660. The highest BCUT2D eigenvalue weighted by Gasteiger charge is 2.37. The van der Waals surface area contributed by atoms with Crippen molar-refractivity contribution in [2.24, 2.45) is 0 Å². The number of hydrogen-bond donors (Lipinski definition) is 0. The van der Waals surface area contributed by atoms with Crippen molar-refractivity contribution in [2.45, 2.75) is 19.3 Å². The van der Waals surface area contributed by atoms with Gasteiger partial charge in [0.1, 0.15) is 11.2 Å². The minimum Gasteiger partial charge on any atom is -0.456 e. The lowest BCUT2D eigenvalue weighted by Gasteiger charge is -2.29. The Morgan fingerprint density at radius 1 is 0.415 bits per heavy atom. The maximum Gasteiger partial charge on any atom is 0.137 e. The summed E-state index contributed by atoms with van der Waals surface area (Å²) in [5, 5.41) is 9.95. The van der Waals surface area contributed by atoms with Crippen molar-refractivity contribution >= 4 is 71.3 Å². The SMILES string of the molecule is CC1(C)c2ccccc2-c2c(N(c3ccc(-c4ccc5c(ccc6c7ccccc7ccc56)c4)cc3)c3ccc4c(c3)oc3ccccc34)cccc21. The minimum absolute atomic E-state index is 0.103. The van der Waals surface area contributed by atoms with E-state index >= 15 is 0 Å². The average Bonchev–Trinajstić information content (AvgIpc) is 3.69. The molecule has 0 amide bonds. The summed E-state index contributed by atoms with van der Waals surface area (Å²) in [6.45, 7) is 4.69. The van der Waals surface area contributed by atoms with Gasteiger partial charge in [0.15, 0.2) is 0 Å². The van der Waals surface area contributed by atoms with Crippen LogP contribution in [0.4, 0.5) is 17.1 Å². The molecule has 2 heteroatoms. The smallest absolute Gasteiger partial charge is 0.137 e. The van der Waals surface area contributed by atoms with Crippen molar-refractivity contribution in [3.8, 4) is 22.3 Å². The summed E-state index contributed by atoms with van der Waals surface area (Å²) in [6, 6.07) is 64.2. The van der Waals surface area contributed by atoms with Crippen LogP contribution in [0.25, 0.3) is 76.5 Å². The molecule has 1 aromatic heterocycles. The number of hydrogen-bond acceptors (Lipinski definition) is 2. The van der Waals surface area contributed by atoms with Crippen molar-refractivity contribution in [1.29, 1.82) is 0 Å². The fourth-order valence-corrected chi connectivity index (χ4v) is 9.01. The van der Waals surface area contributed by atoms with E-state index < -0.39 is 0 Å². The third-order valence-corrected chi connectivity index (χ3v) is 11.6. The van der Waals surface area contributed by atoms with E-state index in [1.807, 2.05) is 12.1 Å².